The molecule has 0 spiro atoms. The maximum Gasteiger partial charge on any atom is 0.315 e. The van der Waals surface area contributed by atoms with Crippen molar-refractivity contribution in [1.29, 1.82) is 0 Å². The monoisotopic (exact) mass is 756 g/mol. The zero-order valence-corrected chi connectivity index (χ0v) is 32.4. The Morgan fingerprint density at radius 1 is 1.08 bits per heavy atom. The number of nitrogens with zero attached hydrogens (tertiary/aromatic N) is 2. The molecule has 11 nitrogen and oxygen atoms in total. The second kappa shape index (κ2) is 17.2. The fraction of sp³-hybridized carbons (Fsp3) is 0.694. The van der Waals surface area contributed by atoms with Crippen LogP contribution in [-0.2, 0) is 29.2 Å². The minimum Gasteiger partial charge on any atom is -0.334 e. The number of carbonyl (C=O) groups is 5. The fourth-order valence-electron chi connectivity index (χ4n) is 6.99. The SMILES string of the molecule is C=CCCC(=O)C(=O)[C@@H](CC(=O)[C@@H]1[C@H]2CCC[C@H]2CN1C(=O)[C@@H](NC(=O)N[C@H](CN(C)S(=O)(=O)c1cccs1)C(C)(C)C)C(C)(C)C)CC(F)F. The van der Waals surface area contributed by atoms with E-state index in [1.54, 1.807) is 32.2 Å². The van der Waals surface area contributed by atoms with Crippen molar-refractivity contribution < 1.29 is 41.2 Å². The number of likely N-dealkylation sites (tertiary alicyclic amines) is 1. The lowest BCUT2D eigenvalue weighted by Crippen LogP contribution is -2.61. The highest BCUT2D eigenvalue weighted by molar-refractivity contribution is 7.91. The quantitative estimate of drug-likeness (QED) is 0.158. The highest BCUT2D eigenvalue weighted by Gasteiger charge is 2.52. The van der Waals surface area contributed by atoms with Gasteiger partial charge in [0.25, 0.3) is 10.0 Å². The average Bonchev–Trinajstić information content (AvgIpc) is 3.78. The number of Topliss-reactive ketones (excluding diaryl/α,β-unsaturated/α-hetero) is 3. The van der Waals surface area contributed by atoms with E-state index >= 15 is 0 Å². The molecule has 0 radical (unpaired) electrons. The van der Waals surface area contributed by atoms with Crippen LogP contribution >= 0.6 is 11.3 Å². The maximum absolute atomic E-state index is 14.4. The Morgan fingerprint density at radius 3 is 2.29 bits per heavy atom. The van der Waals surface area contributed by atoms with Crippen LogP contribution in [0, 0.1) is 28.6 Å². The number of nitrogens with one attached hydrogen (secondary N) is 2. The number of urea groups is 1. The molecule has 1 aromatic rings. The summed E-state index contributed by atoms with van der Waals surface area (Å²) in [6, 6.07) is -0.345. The Bertz CT molecular complexity index is 1540. The summed E-state index contributed by atoms with van der Waals surface area (Å²) in [5.74, 6) is -4.67. The lowest BCUT2D eigenvalue weighted by Gasteiger charge is -2.38. The van der Waals surface area contributed by atoms with Gasteiger partial charge in [-0.1, -0.05) is 60.1 Å². The van der Waals surface area contributed by atoms with Gasteiger partial charge in [-0.2, -0.15) is 4.31 Å². The number of amides is 3. The molecule has 0 bridgehead atoms. The van der Waals surface area contributed by atoms with Gasteiger partial charge in [-0.25, -0.2) is 22.0 Å². The zero-order valence-electron chi connectivity index (χ0n) is 30.7. The van der Waals surface area contributed by atoms with Crippen molar-refractivity contribution in [1.82, 2.24) is 19.8 Å². The number of fused-ring (bicyclic) bond motifs is 1. The van der Waals surface area contributed by atoms with Gasteiger partial charge in [0.05, 0.1) is 6.04 Å². The molecule has 286 valence electrons. The molecule has 0 unspecified atom stereocenters. The Balaban J connectivity index is 1.84. The standard InChI is InChI=1S/C36H54F2N4O7S2/c1-9-10-15-25(43)31(45)23(19-28(37)38)18-26(44)30-24-14-11-13-22(24)20-42(30)33(46)32(36(5,6)7)40-34(47)39-27(35(2,3)4)21-41(8)51(48,49)29-16-12-17-50-29/h9,12,16-17,22-24,27-28,30,32H,1,10-11,13-15,18-21H2,2-8H3,(H2,39,40,47)/t22-,23-,24-,27+,30-,32+/m0/s1. The van der Waals surface area contributed by atoms with Gasteiger partial charge in [0.15, 0.2) is 11.6 Å². The number of alkyl halides is 2. The number of thiophene rings is 1. The molecule has 51 heavy (non-hydrogen) atoms. The van der Waals surface area contributed by atoms with E-state index < -0.39 is 93.5 Å². The van der Waals surface area contributed by atoms with Gasteiger partial charge in [0.1, 0.15) is 10.3 Å². The normalized spacial score (nSPS) is 21.2. The molecule has 2 heterocycles. The van der Waals surface area contributed by atoms with Crippen LogP contribution < -0.4 is 10.6 Å². The highest BCUT2D eigenvalue weighted by atomic mass is 32.2. The largest absolute Gasteiger partial charge is 0.334 e. The number of hydrogen-bond donors (Lipinski definition) is 2. The number of carbonyl (C=O) groups excluding carboxylic acids is 5. The fourth-order valence-corrected chi connectivity index (χ4v) is 9.38. The summed E-state index contributed by atoms with van der Waals surface area (Å²) in [5.41, 5.74) is -1.44. The van der Waals surface area contributed by atoms with E-state index in [0.717, 1.165) is 24.2 Å². The van der Waals surface area contributed by atoms with Gasteiger partial charge >= 0.3 is 6.03 Å². The summed E-state index contributed by atoms with van der Waals surface area (Å²) in [7, 11) is -2.37. The van der Waals surface area contributed by atoms with E-state index in [-0.39, 0.29) is 42.0 Å². The van der Waals surface area contributed by atoms with E-state index in [0.29, 0.717) is 6.42 Å². The van der Waals surface area contributed by atoms with Crippen LogP contribution in [0.15, 0.2) is 34.4 Å². The van der Waals surface area contributed by atoms with Crippen molar-refractivity contribution in [3.63, 3.8) is 0 Å². The summed E-state index contributed by atoms with van der Waals surface area (Å²) < 4.78 is 54.8. The van der Waals surface area contributed by atoms with E-state index in [1.807, 2.05) is 20.8 Å². The molecular formula is C36H54F2N4O7S2. The van der Waals surface area contributed by atoms with Crippen LogP contribution in [0.2, 0.25) is 0 Å². The zero-order chi connectivity index (χ0) is 38.5. The van der Waals surface area contributed by atoms with Crippen molar-refractivity contribution >= 4 is 50.6 Å². The van der Waals surface area contributed by atoms with Gasteiger partial charge in [0, 0.05) is 51.4 Å². The smallest absolute Gasteiger partial charge is 0.315 e. The Labute approximate surface area is 305 Å². The number of halogens is 2. The average molecular weight is 757 g/mol. The second-order valence-electron chi connectivity index (χ2n) is 16.0. The van der Waals surface area contributed by atoms with Crippen molar-refractivity contribution in [2.75, 3.05) is 20.1 Å². The molecule has 1 saturated heterocycles. The summed E-state index contributed by atoms with van der Waals surface area (Å²) in [4.78, 5) is 68.9. The van der Waals surface area contributed by atoms with Crippen molar-refractivity contribution in [3.05, 3.63) is 30.2 Å². The van der Waals surface area contributed by atoms with Crippen molar-refractivity contribution in [2.45, 2.75) is 115 Å². The van der Waals surface area contributed by atoms with Crippen LogP contribution in [-0.4, -0.2) is 91.6 Å². The first-order valence-corrected chi connectivity index (χ1v) is 19.8. The van der Waals surface area contributed by atoms with Gasteiger partial charge in [0.2, 0.25) is 18.1 Å². The Morgan fingerprint density at radius 2 is 1.75 bits per heavy atom. The molecule has 3 rings (SSSR count). The molecule has 15 heteroatoms. The van der Waals surface area contributed by atoms with Crippen LogP contribution in [0.5, 0.6) is 0 Å². The lowest BCUT2D eigenvalue weighted by atomic mass is 9.83. The number of allylic oxidation sites excluding steroid dienone is 1. The molecular weight excluding hydrogens is 703 g/mol. The first-order chi connectivity index (χ1) is 23.6. The third-order valence-corrected chi connectivity index (χ3v) is 13.2. The van der Waals surface area contributed by atoms with Crippen molar-refractivity contribution in [2.24, 2.45) is 28.6 Å². The minimum absolute atomic E-state index is 0.0121. The molecule has 1 aromatic heterocycles. The molecule has 2 aliphatic rings. The minimum atomic E-state index is -3.81. The van der Waals surface area contributed by atoms with Gasteiger partial charge in [-0.05, 0) is 53.4 Å². The predicted octanol–water partition coefficient (Wildman–Crippen LogP) is 5.46. The molecule has 0 aromatic carbocycles. The summed E-state index contributed by atoms with van der Waals surface area (Å²) >= 11 is 1.09. The molecule has 1 aliphatic carbocycles. The molecule has 6 atom stereocenters. The third kappa shape index (κ3) is 10.8. The first-order valence-electron chi connectivity index (χ1n) is 17.5. The topological polar surface area (TPSA) is 150 Å². The van der Waals surface area contributed by atoms with Crippen LogP contribution in [0.1, 0.15) is 86.5 Å². The summed E-state index contributed by atoms with van der Waals surface area (Å²) in [6.07, 6.45) is -0.763. The summed E-state index contributed by atoms with van der Waals surface area (Å²) in [5, 5.41) is 7.33. The predicted molar refractivity (Wildman–Crippen MR) is 192 cm³/mol. The number of ketones is 3. The number of likely N-dealkylation sites (N-methyl/N-ethyl adjacent to an activating group) is 1. The Hall–Kier alpha value is -3.04. The van der Waals surface area contributed by atoms with E-state index in [1.165, 1.54) is 28.4 Å². The maximum atomic E-state index is 14.4. The first kappa shape index (κ1) is 42.4. The van der Waals surface area contributed by atoms with Crippen LogP contribution in [0.4, 0.5) is 13.6 Å². The molecule has 2 fully saturated rings. The second-order valence-corrected chi connectivity index (χ2v) is 19.2. The van der Waals surface area contributed by atoms with E-state index in [2.05, 4.69) is 17.2 Å². The highest BCUT2D eigenvalue weighted by Crippen LogP contribution is 2.44. The molecule has 1 saturated carbocycles. The van der Waals surface area contributed by atoms with Crippen LogP contribution in [0.3, 0.4) is 0 Å². The molecule has 1 aliphatic heterocycles. The van der Waals surface area contributed by atoms with Crippen molar-refractivity contribution in [3.8, 4) is 0 Å². The number of hydrogen-bond acceptors (Lipinski definition) is 8. The van der Waals surface area contributed by atoms with Crippen LogP contribution in [0.25, 0.3) is 0 Å². The van der Waals surface area contributed by atoms with Gasteiger partial charge in [-0.3, -0.25) is 19.2 Å². The Kier molecular flexibility index (Phi) is 14.3. The van der Waals surface area contributed by atoms with E-state index in [4.69, 9.17) is 0 Å². The van der Waals surface area contributed by atoms with Gasteiger partial charge < -0.3 is 15.5 Å². The number of rotatable bonds is 17. The summed E-state index contributed by atoms with van der Waals surface area (Å²) in [6.45, 7) is 14.6. The molecule has 2 N–H and O–H groups in total. The van der Waals surface area contributed by atoms with Gasteiger partial charge in [-0.15, -0.1) is 17.9 Å². The molecule has 3 amide bonds. The number of sulfonamides is 1. The lowest BCUT2D eigenvalue weighted by molar-refractivity contribution is -0.144. The third-order valence-electron chi connectivity index (χ3n) is 9.97. The van der Waals surface area contributed by atoms with E-state index in [9.17, 15) is 41.2 Å².